The highest BCUT2D eigenvalue weighted by atomic mass is 35.5. The van der Waals surface area contributed by atoms with E-state index in [1.807, 2.05) is 0 Å². The van der Waals surface area contributed by atoms with E-state index in [2.05, 4.69) is 10.3 Å². The van der Waals surface area contributed by atoms with Gasteiger partial charge < -0.3 is 15.8 Å². The normalized spacial score (nSPS) is 15.0. The van der Waals surface area contributed by atoms with Crippen molar-refractivity contribution in [2.45, 2.75) is 11.8 Å². The van der Waals surface area contributed by atoms with Crippen molar-refractivity contribution in [3.8, 4) is 0 Å². The zero-order chi connectivity index (χ0) is 18.7. The Labute approximate surface area is 164 Å². The molecule has 3 rings (SSSR count). The fourth-order valence-electron chi connectivity index (χ4n) is 2.63. The first kappa shape index (κ1) is 21.1. The van der Waals surface area contributed by atoms with Crippen LogP contribution in [0.4, 0.5) is 11.5 Å². The van der Waals surface area contributed by atoms with Crippen molar-refractivity contribution < 1.29 is 17.9 Å². The molecule has 10 heteroatoms. The molecule has 1 aliphatic heterocycles. The van der Waals surface area contributed by atoms with Gasteiger partial charge in [-0.05, 0) is 36.8 Å². The summed E-state index contributed by atoms with van der Waals surface area (Å²) < 4.78 is 32.4. The van der Waals surface area contributed by atoms with E-state index in [1.165, 1.54) is 16.6 Å². The average molecular weight is 413 g/mol. The lowest BCUT2D eigenvalue weighted by Gasteiger charge is -2.26. The molecule has 146 valence electrons. The standard InChI is InChI=1S/C17H20N4O4S.ClH/c1-12-2-3-13(17(22)20-14-4-5-16(18)19-11-14)10-15(12)26(23,24)21-6-8-25-9-7-21;/h2-5,10-11H,6-9H2,1H3,(H2,18,19)(H,20,22);1H. The van der Waals surface area contributed by atoms with Crippen LogP contribution in [0, 0.1) is 6.92 Å². The quantitative estimate of drug-likeness (QED) is 0.789. The Morgan fingerprint density at radius 3 is 2.56 bits per heavy atom. The number of hydrogen-bond donors (Lipinski definition) is 2. The van der Waals surface area contributed by atoms with E-state index >= 15 is 0 Å². The van der Waals surface area contributed by atoms with Gasteiger partial charge in [0.05, 0.1) is 30.0 Å². The first-order chi connectivity index (χ1) is 12.4. The lowest BCUT2D eigenvalue weighted by Crippen LogP contribution is -2.40. The number of ether oxygens (including phenoxy) is 1. The number of nitrogen functional groups attached to an aromatic ring is 1. The number of nitrogens with one attached hydrogen (secondary N) is 1. The summed E-state index contributed by atoms with van der Waals surface area (Å²) in [6.07, 6.45) is 1.44. The predicted octanol–water partition coefficient (Wildman–Crippen LogP) is 1.67. The molecular weight excluding hydrogens is 392 g/mol. The van der Waals surface area contributed by atoms with Crippen LogP contribution in [0.1, 0.15) is 15.9 Å². The van der Waals surface area contributed by atoms with Gasteiger partial charge in [-0.15, -0.1) is 12.4 Å². The summed E-state index contributed by atoms with van der Waals surface area (Å²) in [6.45, 7) is 3.04. The van der Waals surface area contributed by atoms with Crippen molar-refractivity contribution in [2.75, 3.05) is 37.4 Å². The van der Waals surface area contributed by atoms with Gasteiger partial charge in [0.25, 0.3) is 5.91 Å². The Kier molecular flexibility index (Phi) is 6.77. The van der Waals surface area contributed by atoms with Crippen LogP contribution in [-0.4, -0.2) is 49.9 Å². The number of halogens is 1. The smallest absolute Gasteiger partial charge is 0.255 e. The van der Waals surface area contributed by atoms with E-state index < -0.39 is 15.9 Å². The molecule has 0 radical (unpaired) electrons. The van der Waals surface area contributed by atoms with Crippen LogP contribution in [0.3, 0.4) is 0 Å². The number of hydrogen-bond acceptors (Lipinski definition) is 6. The molecule has 0 atom stereocenters. The maximum Gasteiger partial charge on any atom is 0.255 e. The molecule has 0 spiro atoms. The Bertz CT molecular complexity index is 913. The van der Waals surface area contributed by atoms with Gasteiger partial charge >= 0.3 is 0 Å². The number of aryl methyl sites for hydroxylation is 1. The first-order valence-corrected chi connectivity index (χ1v) is 9.53. The van der Waals surface area contributed by atoms with Crippen molar-refractivity contribution in [2.24, 2.45) is 0 Å². The van der Waals surface area contributed by atoms with Gasteiger partial charge in [0.2, 0.25) is 10.0 Å². The SMILES string of the molecule is Cc1ccc(C(=O)Nc2ccc(N)nc2)cc1S(=O)(=O)N1CCOCC1.Cl. The van der Waals surface area contributed by atoms with E-state index in [0.29, 0.717) is 43.4 Å². The third kappa shape index (κ3) is 4.75. The van der Waals surface area contributed by atoms with Gasteiger partial charge in [-0.3, -0.25) is 4.79 Å². The van der Waals surface area contributed by atoms with Crippen LogP contribution in [0.15, 0.2) is 41.4 Å². The molecule has 0 bridgehead atoms. The van der Waals surface area contributed by atoms with E-state index in [0.717, 1.165) is 0 Å². The van der Waals surface area contributed by atoms with Crippen molar-refractivity contribution in [1.82, 2.24) is 9.29 Å². The third-order valence-electron chi connectivity index (χ3n) is 4.08. The minimum atomic E-state index is -3.68. The Morgan fingerprint density at radius 1 is 1.22 bits per heavy atom. The minimum absolute atomic E-state index is 0. The number of amides is 1. The van der Waals surface area contributed by atoms with Crippen LogP contribution < -0.4 is 11.1 Å². The molecule has 0 aliphatic carbocycles. The molecule has 1 aromatic heterocycles. The summed E-state index contributed by atoms with van der Waals surface area (Å²) in [5.41, 5.74) is 6.83. The molecule has 1 aromatic carbocycles. The summed E-state index contributed by atoms with van der Waals surface area (Å²) in [5.74, 6) is -0.0766. The van der Waals surface area contributed by atoms with Crippen LogP contribution >= 0.6 is 12.4 Å². The first-order valence-electron chi connectivity index (χ1n) is 8.09. The zero-order valence-corrected chi connectivity index (χ0v) is 16.3. The van der Waals surface area contributed by atoms with E-state index in [-0.39, 0.29) is 22.9 Å². The number of sulfonamides is 1. The summed E-state index contributed by atoms with van der Waals surface area (Å²) in [7, 11) is -3.68. The average Bonchev–Trinajstić information content (AvgIpc) is 2.64. The van der Waals surface area contributed by atoms with E-state index in [9.17, 15) is 13.2 Å². The molecule has 2 aromatic rings. The summed E-state index contributed by atoms with van der Waals surface area (Å²) in [6, 6.07) is 7.82. The molecule has 0 unspecified atom stereocenters. The second kappa shape index (κ2) is 8.66. The number of anilines is 2. The van der Waals surface area contributed by atoms with Crippen LogP contribution in [-0.2, 0) is 14.8 Å². The van der Waals surface area contributed by atoms with Gasteiger partial charge in [-0.25, -0.2) is 13.4 Å². The van der Waals surface area contributed by atoms with Crippen LogP contribution in [0.25, 0.3) is 0 Å². The number of benzene rings is 1. The highest BCUT2D eigenvalue weighted by molar-refractivity contribution is 7.89. The fourth-order valence-corrected chi connectivity index (χ4v) is 4.29. The van der Waals surface area contributed by atoms with Crippen molar-refractivity contribution >= 4 is 39.8 Å². The summed E-state index contributed by atoms with van der Waals surface area (Å²) >= 11 is 0. The molecule has 1 amide bonds. The third-order valence-corrected chi connectivity index (χ3v) is 6.12. The second-order valence-electron chi connectivity index (χ2n) is 5.92. The van der Waals surface area contributed by atoms with Crippen LogP contribution in [0.5, 0.6) is 0 Å². The maximum atomic E-state index is 12.9. The lowest BCUT2D eigenvalue weighted by molar-refractivity contribution is 0.0730. The number of aromatic nitrogens is 1. The van der Waals surface area contributed by atoms with Crippen molar-refractivity contribution in [3.05, 3.63) is 47.7 Å². The molecule has 0 saturated carbocycles. The van der Waals surface area contributed by atoms with Gasteiger partial charge in [-0.2, -0.15) is 4.31 Å². The van der Waals surface area contributed by atoms with Crippen molar-refractivity contribution in [3.63, 3.8) is 0 Å². The summed E-state index contributed by atoms with van der Waals surface area (Å²) in [4.78, 5) is 16.5. The lowest BCUT2D eigenvalue weighted by atomic mass is 10.1. The molecule has 1 saturated heterocycles. The second-order valence-corrected chi connectivity index (χ2v) is 7.83. The molecule has 1 fully saturated rings. The Morgan fingerprint density at radius 2 is 1.93 bits per heavy atom. The number of rotatable bonds is 4. The predicted molar refractivity (Wildman–Crippen MR) is 105 cm³/mol. The number of pyridine rings is 1. The number of nitrogens with two attached hydrogens (primary N) is 1. The van der Waals surface area contributed by atoms with Gasteiger partial charge in [0.15, 0.2) is 0 Å². The van der Waals surface area contributed by atoms with Gasteiger partial charge in [-0.1, -0.05) is 6.07 Å². The molecule has 1 aliphatic rings. The fraction of sp³-hybridized carbons (Fsp3) is 0.294. The maximum absolute atomic E-state index is 12.9. The van der Waals surface area contributed by atoms with Gasteiger partial charge in [0, 0.05) is 18.7 Å². The number of morpholine rings is 1. The highest BCUT2D eigenvalue weighted by Gasteiger charge is 2.28. The zero-order valence-electron chi connectivity index (χ0n) is 14.7. The largest absolute Gasteiger partial charge is 0.384 e. The molecule has 27 heavy (non-hydrogen) atoms. The van der Waals surface area contributed by atoms with Crippen molar-refractivity contribution in [1.29, 1.82) is 0 Å². The monoisotopic (exact) mass is 412 g/mol. The molecule has 2 heterocycles. The summed E-state index contributed by atoms with van der Waals surface area (Å²) in [5, 5.41) is 2.68. The number of nitrogens with zero attached hydrogens (tertiary/aromatic N) is 2. The highest BCUT2D eigenvalue weighted by Crippen LogP contribution is 2.23. The Hall–Kier alpha value is -2.20. The topological polar surface area (TPSA) is 115 Å². The molecule has 8 nitrogen and oxygen atoms in total. The molecule has 3 N–H and O–H groups in total. The van der Waals surface area contributed by atoms with E-state index in [4.69, 9.17) is 10.5 Å². The van der Waals surface area contributed by atoms with E-state index in [1.54, 1.807) is 31.2 Å². The van der Waals surface area contributed by atoms with Gasteiger partial charge in [0.1, 0.15) is 5.82 Å². The van der Waals surface area contributed by atoms with Crippen LogP contribution in [0.2, 0.25) is 0 Å². The number of carbonyl (C=O) groups excluding carboxylic acids is 1. The minimum Gasteiger partial charge on any atom is -0.384 e. The number of carbonyl (C=O) groups is 1. The molecular formula is C17H21ClN4O4S. The Balaban J connectivity index is 0.00000261.